The largest absolute Gasteiger partial charge is 0.481 e. The molecule has 0 spiro atoms. The molecule has 1 aromatic heterocycles. The third-order valence-electron chi connectivity index (χ3n) is 2.65. The van der Waals surface area contributed by atoms with Crippen molar-refractivity contribution < 1.29 is 31.4 Å². The van der Waals surface area contributed by atoms with Crippen LogP contribution in [0.5, 0.6) is 5.88 Å². The predicted octanol–water partition coefficient (Wildman–Crippen LogP) is 1.40. The number of rotatable bonds is 5. The Kier molecular flexibility index (Phi) is 4.98. The molecule has 1 unspecified atom stereocenters. The van der Waals surface area contributed by atoms with E-state index in [0.29, 0.717) is 6.07 Å². The summed E-state index contributed by atoms with van der Waals surface area (Å²) in [6.45, 7) is 0.734. The van der Waals surface area contributed by atoms with Gasteiger partial charge in [-0.3, -0.25) is 0 Å². The van der Waals surface area contributed by atoms with Gasteiger partial charge >= 0.3 is 6.18 Å². The van der Waals surface area contributed by atoms with Gasteiger partial charge in [0.1, 0.15) is 5.69 Å². The summed E-state index contributed by atoms with van der Waals surface area (Å²) in [6, 6.07) is 1.70. The number of alkyl halides is 3. The standard InChI is InChI=1S/C11H14F3NO4S/c1-7(5-16)20(17,18)6-8-3-4-9(11(12,13)14)15-10(8)19-2/h3-4,7,16H,5-6H2,1-2H3. The second kappa shape index (κ2) is 5.96. The summed E-state index contributed by atoms with van der Waals surface area (Å²) >= 11 is 0. The van der Waals surface area contributed by atoms with Gasteiger partial charge in [-0.15, -0.1) is 0 Å². The minimum absolute atomic E-state index is 0.0146. The summed E-state index contributed by atoms with van der Waals surface area (Å²) < 4.78 is 65.8. The first-order valence-corrected chi connectivity index (χ1v) is 7.27. The van der Waals surface area contributed by atoms with E-state index in [0.717, 1.165) is 13.2 Å². The maximum atomic E-state index is 12.5. The Morgan fingerprint density at radius 2 is 2.00 bits per heavy atom. The number of hydrogen-bond acceptors (Lipinski definition) is 5. The summed E-state index contributed by atoms with van der Waals surface area (Å²) in [6.07, 6.45) is -4.64. The Morgan fingerprint density at radius 3 is 2.45 bits per heavy atom. The van der Waals surface area contributed by atoms with E-state index >= 15 is 0 Å². The van der Waals surface area contributed by atoms with Gasteiger partial charge in [-0.2, -0.15) is 13.2 Å². The average Bonchev–Trinajstić information content (AvgIpc) is 2.36. The van der Waals surface area contributed by atoms with Crippen molar-refractivity contribution in [1.29, 1.82) is 0 Å². The van der Waals surface area contributed by atoms with E-state index in [1.807, 2.05) is 0 Å². The second-order valence-corrected chi connectivity index (χ2v) is 6.58. The van der Waals surface area contributed by atoms with E-state index in [4.69, 9.17) is 9.84 Å². The zero-order chi connectivity index (χ0) is 15.6. The van der Waals surface area contributed by atoms with Crippen LogP contribution >= 0.6 is 0 Å². The van der Waals surface area contributed by atoms with Crippen molar-refractivity contribution in [3.05, 3.63) is 23.4 Å². The van der Waals surface area contributed by atoms with Crippen LogP contribution in [0.1, 0.15) is 18.2 Å². The van der Waals surface area contributed by atoms with Crippen LogP contribution in [0.3, 0.4) is 0 Å². The van der Waals surface area contributed by atoms with Gasteiger partial charge in [0.2, 0.25) is 5.88 Å². The quantitative estimate of drug-likeness (QED) is 0.889. The number of hydrogen-bond donors (Lipinski definition) is 1. The molecular formula is C11H14F3NO4S. The molecule has 9 heteroatoms. The molecule has 0 aliphatic heterocycles. The SMILES string of the molecule is COc1nc(C(F)(F)F)ccc1CS(=O)(=O)C(C)CO. The number of halogens is 3. The normalized spacial score (nSPS) is 14.1. The molecule has 1 atom stereocenters. The molecule has 0 bridgehead atoms. The number of ether oxygens (including phenoxy) is 1. The minimum atomic E-state index is -4.64. The van der Waals surface area contributed by atoms with Gasteiger partial charge in [0, 0.05) is 5.56 Å². The maximum absolute atomic E-state index is 12.5. The first kappa shape index (κ1) is 16.7. The molecule has 114 valence electrons. The molecule has 0 radical (unpaired) electrons. The molecule has 0 saturated carbocycles. The molecule has 1 rings (SSSR count). The van der Waals surface area contributed by atoms with Gasteiger partial charge in [0.15, 0.2) is 9.84 Å². The second-order valence-electron chi connectivity index (χ2n) is 4.16. The Labute approximate surface area is 114 Å². The zero-order valence-corrected chi connectivity index (χ0v) is 11.6. The van der Waals surface area contributed by atoms with Crippen LogP contribution in [-0.4, -0.2) is 37.5 Å². The molecule has 1 heterocycles. The lowest BCUT2D eigenvalue weighted by Gasteiger charge is -2.13. The van der Waals surface area contributed by atoms with Crippen LogP contribution in [-0.2, 0) is 21.8 Å². The van der Waals surface area contributed by atoms with Crippen molar-refractivity contribution in [2.75, 3.05) is 13.7 Å². The fourth-order valence-corrected chi connectivity index (χ4v) is 2.55. The lowest BCUT2D eigenvalue weighted by molar-refractivity contribution is -0.141. The van der Waals surface area contributed by atoms with Gasteiger partial charge in [0.25, 0.3) is 0 Å². The fraction of sp³-hybridized carbons (Fsp3) is 0.545. The van der Waals surface area contributed by atoms with Crippen LogP contribution in [0.25, 0.3) is 0 Å². The van der Waals surface area contributed by atoms with Gasteiger partial charge in [-0.1, -0.05) is 6.07 Å². The summed E-state index contributed by atoms with van der Waals surface area (Å²) in [5, 5.41) is 7.83. The highest BCUT2D eigenvalue weighted by Crippen LogP contribution is 2.30. The predicted molar refractivity (Wildman–Crippen MR) is 65.0 cm³/mol. The number of nitrogens with zero attached hydrogens (tertiary/aromatic N) is 1. The number of aliphatic hydroxyl groups is 1. The lowest BCUT2D eigenvalue weighted by atomic mass is 10.2. The monoisotopic (exact) mass is 313 g/mol. The summed E-state index contributed by atoms with van der Waals surface area (Å²) in [7, 11) is -2.59. The highest BCUT2D eigenvalue weighted by atomic mass is 32.2. The van der Waals surface area contributed by atoms with Crippen molar-refractivity contribution in [3.63, 3.8) is 0 Å². The number of sulfone groups is 1. The molecule has 0 saturated heterocycles. The summed E-state index contributed by atoms with van der Waals surface area (Å²) in [4.78, 5) is 3.26. The molecule has 0 fully saturated rings. The van der Waals surface area contributed by atoms with Crippen LogP contribution in [0.2, 0.25) is 0 Å². The molecule has 0 amide bonds. The Balaban J connectivity index is 3.15. The van der Waals surface area contributed by atoms with Crippen molar-refractivity contribution >= 4 is 9.84 Å². The molecule has 0 aliphatic carbocycles. The highest BCUT2D eigenvalue weighted by Gasteiger charge is 2.33. The molecule has 0 aliphatic rings. The minimum Gasteiger partial charge on any atom is -0.481 e. The zero-order valence-electron chi connectivity index (χ0n) is 10.8. The number of aliphatic hydroxyl groups excluding tert-OH is 1. The third kappa shape index (κ3) is 3.83. The summed E-state index contributed by atoms with van der Waals surface area (Å²) in [5.41, 5.74) is -1.15. The van der Waals surface area contributed by atoms with E-state index in [1.54, 1.807) is 0 Å². The van der Waals surface area contributed by atoms with Crippen LogP contribution in [0.15, 0.2) is 12.1 Å². The van der Waals surface area contributed by atoms with Crippen molar-refractivity contribution in [1.82, 2.24) is 4.98 Å². The Hall–Kier alpha value is -1.35. The van der Waals surface area contributed by atoms with Crippen molar-refractivity contribution in [2.45, 2.75) is 24.1 Å². The molecule has 20 heavy (non-hydrogen) atoms. The Morgan fingerprint density at radius 1 is 1.40 bits per heavy atom. The molecule has 0 aromatic carbocycles. The number of pyridine rings is 1. The van der Waals surface area contributed by atoms with Crippen LogP contribution < -0.4 is 4.74 Å². The molecule has 1 N–H and O–H groups in total. The smallest absolute Gasteiger partial charge is 0.433 e. The van der Waals surface area contributed by atoms with Gasteiger partial charge in [-0.05, 0) is 13.0 Å². The molecule has 1 aromatic rings. The molecular weight excluding hydrogens is 299 g/mol. The topological polar surface area (TPSA) is 76.5 Å². The van der Waals surface area contributed by atoms with E-state index in [-0.39, 0.29) is 5.56 Å². The number of aromatic nitrogens is 1. The highest BCUT2D eigenvalue weighted by molar-refractivity contribution is 7.91. The first-order chi connectivity index (χ1) is 9.11. The summed E-state index contributed by atoms with van der Waals surface area (Å²) in [5.74, 6) is -0.947. The van der Waals surface area contributed by atoms with E-state index < -0.39 is 45.2 Å². The van der Waals surface area contributed by atoms with Crippen LogP contribution in [0, 0.1) is 0 Å². The lowest BCUT2D eigenvalue weighted by Crippen LogP contribution is -2.23. The van der Waals surface area contributed by atoms with E-state index in [9.17, 15) is 21.6 Å². The fourth-order valence-electron chi connectivity index (χ4n) is 1.39. The van der Waals surface area contributed by atoms with Crippen molar-refractivity contribution in [3.8, 4) is 5.88 Å². The van der Waals surface area contributed by atoms with Gasteiger partial charge in [-0.25, -0.2) is 13.4 Å². The first-order valence-electron chi connectivity index (χ1n) is 5.55. The van der Waals surface area contributed by atoms with Crippen molar-refractivity contribution in [2.24, 2.45) is 0 Å². The van der Waals surface area contributed by atoms with Gasteiger partial charge in [0.05, 0.1) is 24.7 Å². The van der Waals surface area contributed by atoms with Crippen LogP contribution in [0.4, 0.5) is 13.2 Å². The Bertz CT molecular complexity index is 572. The molecule has 5 nitrogen and oxygen atoms in total. The maximum Gasteiger partial charge on any atom is 0.433 e. The van der Waals surface area contributed by atoms with E-state index in [2.05, 4.69) is 4.98 Å². The van der Waals surface area contributed by atoms with Gasteiger partial charge < -0.3 is 9.84 Å². The third-order valence-corrected chi connectivity index (χ3v) is 4.74. The average molecular weight is 313 g/mol. The number of methoxy groups -OCH3 is 1. The van der Waals surface area contributed by atoms with E-state index in [1.165, 1.54) is 6.92 Å².